The Balaban J connectivity index is 2.68. The van der Waals surface area contributed by atoms with Crippen molar-refractivity contribution in [1.29, 1.82) is 0 Å². The van der Waals surface area contributed by atoms with Crippen LogP contribution in [0.4, 0.5) is 4.39 Å². The molecule has 2 rings (SSSR count). The van der Waals surface area contributed by atoms with E-state index in [0.717, 1.165) is 15.9 Å². The number of halogens is 1. The summed E-state index contributed by atoms with van der Waals surface area (Å²) >= 11 is 0.935. The molecule has 0 N–H and O–H groups in total. The minimum Gasteiger partial charge on any atom is -0.321 e. The summed E-state index contributed by atoms with van der Waals surface area (Å²) in [5.74, 6) is -0.921. The highest BCUT2D eigenvalue weighted by atomic mass is 32.1. The van der Waals surface area contributed by atoms with Gasteiger partial charge in [0, 0.05) is 25.3 Å². The van der Waals surface area contributed by atoms with Crippen LogP contribution in [-0.2, 0) is 11.3 Å². The van der Waals surface area contributed by atoms with Crippen molar-refractivity contribution in [1.82, 2.24) is 4.57 Å². The van der Waals surface area contributed by atoms with Gasteiger partial charge in [-0.2, -0.15) is 4.99 Å². The Morgan fingerprint density at radius 3 is 2.41 bits per heavy atom. The first-order chi connectivity index (χ1) is 13.1. The van der Waals surface area contributed by atoms with Crippen LogP contribution in [0.5, 0.6) is 0 Å². The van der Waals surface area contributed by atoms with Gasteiger partial charge in [0.1, 0.15) is 0 Å². The summed E-state index contributed by atoms with van der Waals surface area (Å²) in [7, 11) is 0. The minimum atomic E-state index is -4.15. The lowest BCUT2D eigenvalue weighted by Gasteiger charge is -2.05. The Morgan fingerprint density at radius 1 is 1.32 bits per heavy atom. The Morgan fingerprint density at radius 2 is 1.91 bits per heavy atom. The Hall–Kier alpha value is -0.970. The van der Waals surface area contributed by atoms with E-state index in [9.17, 15) is 9.18 Å². The number of thiazole rings is 1. The molecule has 1 aliphatic rings. The van der Waals surface area contributed by atoms with Crippen LogP contribution in [-0.4, -0.2) is 17.1 Å². The molecule has 0 atom stereocenters. The third kappa shape index (κ3) is 2.80. The quantitative estimate of drug-likeness (QED) is 0.800. The van der Waals surface area contributed by atoms with E-state index < -0.39 is 37.7 Å². The summed E-state index contributed by atoms with van der Waals surface area (Å²) in [6.45, 7) is 3.32. The summed E-state index contributed by atoms with van der Waals surface area (Å²) in [5.41, 5.74) is -0.463. The Bertz CT molecular complexity index is 929. The zero-order chi connectivity index (χ0) is 23.9. The van der Waals surface area contributed by atoms with E-state index in [1.807, 2.05) is 27.7 Å². The second-order valence-electron chi connectivity index (χ2n) is 6.64. The van der Waals surface area contributed by atoms with Crippen LogP contribution >= 0.6 is 11.3 Å². The maximum absolute atomic E-state index is 13.9. The summed E-state index contributed by atoms with van der Waals surface area (Å²) in [6.07, 6.45) is -7.48. The van der Waals surface area contributed by atoms with Crippen molar-refractivity contribution in [3.05, 3.63) is 15.4 Å². The molecule has 5 heteroatoms. The second kappa shape index (κ2) is 5.91. The van der Waals surface area contributed by atoms with Crippen molar-refractivity contribution in [3.8, 4) is 0 Å². The molecule has 3 nitrogen and oxygen atoms in total. The van der Waals surface area contributed by atoms with Crippen LogP contribution in [0.15, 0.2) is 4.99 Å². The van der Waals surface area contributed by atoms with Crippen molar-refractivity contribution in [2.24, 2.45) is 21.7 Å². The van der Waals surface area contributed by atoms with E-state index in [1.165, 1.54) is 6.92 Å². The molecule has 1 aliphatic carbocycles. The summed E-state index contributed by atoms with van der Waals surface area (Å²) in [6, 6.07) is 0. The van der Waals surface area contributed by atoms with Crippen LogP contribution in [0, 0.1) is 30.6 Å². The zero-order valence-electron chi connectivity index (χ0n) is 21.7. The number of amides is 1. The molecule has 0 saturated heterocycles. The van der Waals surface area contributed by atoms with Gasteiger partial charge in [-0.05, 0) is 37.4 Å². The molecule has 0 aliphatic heterocycles. The topological polar surface area (TPSA) is 34.4 Å². The van der Waals surface area contributed by atoms with Gasteiger partial charge in [-0.1, -0.05) is 27.7 Å². The van der Waals surface area contributed by atoms with Gasteiger partial charge in [0.25, 0.3) is 5.91 Å². The maximum Gasteiger partial charge on any atom is 0.252 e. The molecule has 1 aromatic heterocycles. The molecular formula is C17H27FN2OS. The molecule has 22 heavy (non-hydrogen) atoms. The molecule has 0 bridgehead atoms. The molecule has 1 aromatic rings. The zero-order valence-corrected chi connectivity index (χ0v) is 14.5. The van der Waals surface area contributed by atoms with E-state index in [4.69, 9.17) is 11.0 Å². The van der Waals surface area contributed by atoms with Crippen LogP contribution in [0.3, 0.4) is 0 Å². The SMILES string of the molecule is [2H]C([2H])(F)C([2H])([2H])C([2H])([2H])C([2H])([2H])n1c(C)c(C)sc1=NC(=O)C1C(C)(C)C1(C)C. The van der Waals surface area contributed by atoms with Gasteiger partial charge in [-0.25, -0.2) is 0 Å². The number of nitrogens with zero attached hydrogens (tertiary/aromatic N) is 2. The first-order valence-corrected chi connectivity index (χ1v) is 7.85. The molecule has 0 spiro atoms. The first kappa shape index (κ1) is 9.36. The highest BCUT2D eigenvalue weighted by Crippen LogP contribution is 2.68. The van der Waals surface area contributed by atoms with Gasteiger partial charge < -0.3 is 4.57 Å². The largest absolute Gasteiger partial charge is 0.321 e. The van der Waals surface area contributed by atoms with Crippen molar-refractivity contribution in [3.63, 3.8) is 0 Å². The Kier molecular flexibility index (Phi) is 2.51. The first-order valence-electron chi connectivity index (χ1n) is 11.0. The van der Waals surface area contributed by atoms with Crippen molar-refractivity contribution >= 4 is 17.2 Å². The van der Waals surface area contributed by atoms with Gasteiger partial charge in [-0.3, -0.25) is 9.18 Å². The van der Waals surface area contributed by atoms with E-state index in [2.05, 4.69) is 4.99 Å². The summed E-state index contributed by atoms with van der Waals surface area (Å²) in [5, 5.41) is 0. The number of hydrogen-bond donors (Lipinski definition) is 0. The normalized spacial score (nSPS) is 28.4. The molecule has 1 fully saturated rings. The fraction of sp³-hybridized carbons (Fsp3) is 0.765. The number of carbonyl (C=O) groups excluding carboxylic acids is 1. The number of hydrogen-bond acceptors (Lipinski definition) is 2. The summed E-state index contributed by atoms with van der Waals surface area (Å²) in [4.78, 5) is 17.2. The number of aromatic nitrogens is 1. The smallest absolute Gasteiger partial charge is 0.252 e. The number of carbonyl (C=O) groups is 1. The number of alkyl halides is 1. The lowest BCUT2D eigenvalue weighted by molar-refractivity contribution is -0.120. The highest BCUT2D eigenvalue weighted by Gasteiger charge is 2.68. The predicted molar refractivity (Wildman–Crippen MR) is 88.6 cm³/mol. The fourth-order valence-corrected chi connectivity index (χ4v) is 3.76. The van der Waals surface area contributed by atoms with E-state index in [0.29, 0.717) is 4.88 Å². The van der Waals surface area contributed by atoms with E-state index in [1.54, 1.807) is 6.92 Å². The molecule has 124 valence electrons. The van der Waals surface area contributed by atoms with Crippen LogP contribution < -0.4 is 4.80 Å². The van der Waals surface area contributed by atoms with Crippen molar-refractivity contribution < 1.29 is 20.2 Å². The molecule has 1 amide bonds. The Labute approximate surface area is 147 Å². The standard InChI is InChI=1S/C17H27FN2OS/c1-11-12(2)22-15(20(11)10-8-7-9-18)19-14(21)13-16(3,4)17(13,5)6/h13H,7-10H2,1-6H3/i7D2,8D2,9D2,10D2. The van der Waals surface area contributed by atoms with Gasteiger partial charge in [0.05, 0.1) is 15.3 Å². The average molecular weight is 335 g/mol. The van der Waals surface area contributed by atoms with Gasteiger partial charge in [0.2, 0.25) is 0 Å². The van der Waals surface area contributed by atoms with Gasteiger partial charge in [0.15, 0.2) is 4.80 Å². The molecule has 0 radical (unpaired) electrons. The predicted octanol–water partition coefficient (Wildman–Crippen LogP) is 4.03. The second-order valence-corrected chi connectivity index (χ2v) is 7.83. The monoisotopic (exact) mass is 334 g/mol. The van der Waals surface area contributed by atoms with Crippen LogP contribution in [0.1, 0.15) is 62.0 Å². The molecule has 1 saturated carbocycles. The average Bonchev–Trinajstić information content (AvgIpc) is 2.75. The maximum atomic E-state index is 13.9. The highest BCUT2D eigenvalue weighted by molar-refractivity contribution is 7.09. The summed E-state index contributed by atoms with van der Waals surface area (Å²) < 4.78 is 76.7. The lowest BCUT2D eigenvalue weighted by Crippen LogP contribution is -2.20. The fourth-order valence-electron chi connectivity index (χ4n) is 2.84. The van der Waals surface area contributed by atoms with Crippen LogP contribution in [0.25, 0.3) is 0 Å². The van der Waals surface area contributed by atoms with Crippen LogP contribution in [0.2, 0.25) is 0 Å². The van der Waals surface area contributed by atoms with Crippen molar-refractivity contribution in [2.75, 3.05) is 6.63 Å². The number of aryl methyl sites for hydroxylation is 1. The number of rotatable bonds is 5. The molecule has 0 unspecified atom stereocenters. The third-order valence-electron chi connectivity index (χ3n) is 5.03. The molecule has 0 aromatic carbocycles. The molecule has 1 heterocycles. The third-order valence-corrected chi connectivity index (χ3v) is 6.09. The van der Waals surface area contributed by atoms with E-state index in [-0.39, 0.29) is 21.3 Å². The lowest BCUT2D eigenvalue weighted by atomic mass is 10.0. The van der Waals surface area contributed by atoms with Gasteiger partial charge in [-0.15, -0.1) is 11.3 Å². The minimum absolute atomic E-state index is 0.183. The van der Waals surface area contributed by atoms with Gasteiger partial charge >= 0.3 is 0 Å². The van der Waals surface area contributed by atoms with Crippen molar-refractivity contribution in [2.45, 2.75) is 60.8 Å². The van der Waals surface area contributed by atoms with E-state index >= 15 is 0 Å². The molecular weight excluding hydrogens is 299 g/mol.